The number of amides is 1. The van der Waals surface area contributed by atoms with E-state index in [9.17, 15) is 4.79 Å². The molecule has 1 aromatic heterocycles. The Balaban J connectivity index is 1.51. The Bertz CT molecular complexity index is 877. The highest BCUT2D eigenvalue weighted by atomic mass is 16.1. The van der Waals surface area contributed by atoms with Crippen LogP contribution >= 0.6 is 0 Å². The van der Waals surface area contributed by atoms with E-state index in [-0.39, 0.29) is 5.91 Å². The number of nitrogens with one attached hydrogen (secondary N) is 2. The zero-order chi connectivity index (χ0) is 17.1. The van der Waals surface area contributed by atoms with E-state index in [0.29, 0.717) is 6.42 Å². The molecule has 0 aliphatic carbocycles. The Morgan fingerprint density at radius 3 is 2.64 bits per heavy atom. The van der Waals surface area contributed by atoms with Crippen LogP contribution < -0.4 is 10.2 Å². The molecule has 1 aliphatic heterocycles. The van der Waals surface area contributed by atoms with Gasteiger partial charge in [-0.1, -0.05) is 30.3 Å². The van der Waals surface area contributed by atoms with E-state index in [1.54, 1.807) is 0 Å². The van der Waals surface area contributed by atoms with Crippen LogP contribution in [-0.2, 0) is 11.2 Å². The number of carbonyl (C=O) groups is 1. The monoisotopic (exact) mass is 333 g/mol. The molecule has 1 fully saturated rings. The molecule has 1 saturated heterocycles. The van der Waals surface area contributed by atoms with E-state index in [1.807, 2.05) is 42.6 Å². The summed E-state index contributed by atoms with van der Waals surface area (Å²) in [5, 5.41) is 4.23. The second-order valence-electron chi connectivity index (χ2n) is 6.65. The van der Waals surface area contributed by atoms with Crippen LogP contribution in [0.2, 0.25) is 0 Å². The fourth-order valence-electron chi connectivity index (χ4n) is 3.64. The van der Waals surface area contributed by atoms with Gasteiger partial charge in [-0.2, -0.15) is 0 Å². The van der Waals surface area contributed by atoms with Crippen molar-refractivity contribution in [3.05, 3.63) is 60.3 Å². The van der Waals surface area contributed by atoms with Crippen molar-refractivity contribution in [3.63, 3.8) is 0 Å². The molecular formula is C21H23N3O. The maximum Gasteiger partial charge on any atom is 0.228 e. The van der Waals surface area contributed by atoms with Gasteiger partial charge in [0.1, 0.15) is 0 Å². The van der Waals surface area contributed by atoms with Crippen LogP contribution in [0.25, 0.3) is 10.9 Å². The van der Waals surface area contributed by atoms with Crippen LogP contribution in [0, 0.1) is 0 Å². The van der Waals surface area contributed by atoms with Crippen molar-refractivity contribution in [3.8, 4) is 0 Å². The van der Waals surface area contributed by atoms with Crippen molar-refractivity contribution in [1.82, 2.24) is 4.98 Å². The van der Waals surface area contributed by atoms with Crippen molar-refractivity contribution in [2.24, 2.45) is 0 Å². The fourth-order valence-corrected chi connectivity index (χ4v) is 3.64. The minimum atomic E-state index is 0.0224. The largest absolute Gasteiger partial charge is 0.370 e. The number of anilines is 2. The average Bonchev–Trinajstić information content (AvgIpc) is 3.06. The molecule has 0 atom stereocenters. The van der Waals surface area contributed by atoms with Gasteiger partial charge in [0.15, 0.2) is 0 Å². The summed E-state index contributed by atoms with van der Waals surface area (Å²) in [4.78, 5) is 18.2. The van der Waals surface area contributed by atoms with Gasteiger partial charge in [-0.05, 0) is 43.0 Å². The fraction of sp³-hybridized carbons (Fsp3) is 0.286. The first-order valence-electron chi connectivity index (χ1n) is 9.00. The highest BCUT2D eigenvalue weighted by Gasteiger charge is 2.16. The molecule has 2 heterocycles. The summed E-state index contributed by atoms with van der Waals surface area (Å²) in [6.45, 7) is 2.13. The first-order valence-corrected chi connectivity index (χ1v) is 9.00. The molecule has 0 bridgehead atoms. The standard InChI is InChI=1S/C21H23N3O/c25-21(14-16-15-22-18-9-3-2-8-17(16)18)23-19-10-4-5-11-20(19)24-12-6-1-7-13-24/h2-5,8-11,15,22H,1,6-7,12-14H2,(H,23,25). The smallest absolute Gasteiger partial charge is 0.228 e. The molecule has 0 radical (unpaired) electrons. The number of benzene rings is 2. The van der Waals surface area contributed by atoms with Gasteiger partial charge in [0.2, 0.25) is 5.91 Å². The zero-order valence-electron chi connectivity index (χ0n) is 14.3. The Morgan fingerprint density at radius 1 is 1.00 bits per heavy atom. The molecule has 25 heavy (non-hydrogen) atoms. The summed E-state index contributed by atoms with van der Waals surface area (Å²) < 4.78 is 0. The Labute approximate surface area is 147 Å². The van der Waals surface area contributed by atoms with Gasteiger partial charge in [0.05, 0.1) is 17.8 Å². The van der Waals surface area contributed by atoms with E-state index in [0.717, 1.165) is 40.9 Å². The lowest BCUT2D eigenvalue weighted by Gasteiger charge is -2.30. The van der Waals surface area contributed by atoms with Gasteiger partial charge in [0, 0.05) is 30.2 Å². The number of hydrogen-bond acceptors (Lipinski definition) is 2. The number of aromatic amines is 1. The molecule has 1 aliphatic rings. The summed E-state index contributed by atoms with van der Waals surface area (Å²) in [7, 11) is 0. The Kier molecular flexibility index (Phi) is 4.42. The summed E-state index contributed by atoms with van der Waals surface area (Å²) in [6.07, 6.45) is 6.04. The van der Waals surface area contributed by atoms with E-state index in [1.165, 1.54) is 19.3 Å². The molecule has 1 amide bonds. The molecule has 4 rings (SSSR count). The minimum Gasteiger partial charge on any atom is -0.370 e. The third-order valence-electron chi connectivity index (χ3n) is 4.90. The van der Waals surface area contributed by atoms with Crippen LogP contribution in [0.5, 0.6) is 0 Å². The molecule has 0 spiro atoms. The Morgan fingerprint density at radius 2 is 1.76 bits per heavy atom. The third-order valence-corrected chi connectivity index (χ3v) is 4.90. The number of fused-ring (bicyclic) bond motifs is 1. The van der Waals surface area contributed by atoms with Crippen molar-refractivity contribution in [1.29, 1.82) is 0 Å². The molecular weight excluding hydrogens is 310 g/mol. The lowest BCUT2D eigenvalue weighted by molar-refractivity contribution is -0.115. The van der Waals surface area contributed by atoms with Gasteiger partial charge in [-0.3, -0.25) is 4.79 Å². The number of para-hydroxylation sites is 3. The van der Waals surface area contributed by atoms with Crippen LogP contribution in [0.15, 0.2) is 54.7 Å². The number of rotatable bonds is 4. The number of hydrogen-bond donors (Lipinski definition) is 2. The van der Waals surface area contributed by atoms with Crippen molar-refractivity contribution >= 4 is 28.2 Å². The van der Waals surface area contributed by atoms with Crippen molar-refractivity contribution in [2.45, 2.75) is 25.7 Å². The summed E-state index contributed by atoms with van der Waals surface area (Å²) >= 11 is 0. The highest BCUT2D eigenvalue weighted by Crippen LogP contribution is 2.28. The van der Waals surface area contributed by atoms with Gasteiger partial charge in [0.25, 0.3) is 0 Å². The quantitative estimate of drug-likeness (QED) is 0.746. The maximum absolute atomic E-state index is 12.6. The van der Waals surface area contributed by atoms with Crippen molar-refractivity contribution < 1.29 is 4.79 Å². The minimum absolute atomic E-state index is 0.0224. The van der Waals surface area contributed by atoms with Gasteiger partial charge < -0.3 is 15.2 Å². The number of piperidine rings is 1. The molecule has 2 N–H and O–H groups in total. The number of H-pyrrole nitrogens is 1. The Hall–Kier alpha value is -2.75. The van der Waals surface area contributed by atoms with E-state index in [4.69, 9.17) is 0 Å². The lowest BCUT2D eigenvalue weighted by Crippen LogP contribution is -2.30. The molecule has 0 saturated carbocycles. The zero-order valence-corrected chi connectivity index (χ0v) is 14.3. The normalized spacial score (nSPS) is 14.6. The lowest BCUT2D eigenvalue weighted by atomic mass is 10.1. The van der Waals surface area contributed by atoms with Gasteiger partial charge in [-0.15, -0.1) is 0 Å². The predicted molar refractivity (Wildman–Crippen MR) is 103 cm³/mol. The second-order valence-corrected chi connectivity index (χ2v) is 6.65. The first kappa shape index (κ1) is 15.8. The summed E-state index contributed by atoms with van der Waals surface area (Å²) in [5.41, 5.74) is 4.14. The third kappa shape index (κ3) is 3.38. The van der Waals surface area contributed by atoms with E-state index >= 15 is 0 Å². The topological polar surface area (TPSA) is 48.1 Å². The van der Waals surface area contributed by atoms with Crippen molar-refractivity contribution in [2.75, 3.05) is 23.3 Å². The SMILES string of the molecule is O=C(Cc1c[nH]c2ccccc12)Nc1ccccc1N1CCCCC1. The molecule has 4 heteroatoms. The predicted octanol–water partition coefficient (Wildman–Crippen LogP) is 4.34. The number of carbonyl (C=O) groups excluding carboxylic acids is 1. The first-order chi connectivity index (χ1) is 12.3. The van der Waals surface area contributed by atoms with Gasteiger partial charge in [-0.25, -0.2) is 0 Å². The molecule has 128 valence electrons. The molecule has 0 unspecified atom stereocenters. The molecule has 2 aromatic carbocycles. The number of nitrogens with zero attached hydrogens (tertiary/aromatic N) is 1. The summed E-state index contributed by atoms with van der Waals surface area (Å²) in [6, 6.07) is 16.2. The maximum atomic E-state index is 12.6. The van der Waals surface area contributed by atoms with Crippen LogP contribution in [0.4, 0.5) is 11.4 Å². The molecule has 3 aromatic rings. The van der Waals surface area contributed by atoms with Gasteiger partial charge >= 0.3 is 0 Å². The van der Waals surface area contributed by atoms with E-state index in [2.05, 4.69) is 27.3 Å². The highest BCUT2D eigenvalue weighted by molar-refractivity contribution is 5.98. The van der Waals surface area contributed by atoms with Crippen LogP contribution in [-0.4, -0.2) is 24.0 Å². The van der Waals surface area contributed by atoms with E-state index < -0.39 is 0 Å². The molecule has 4 nitrogen and oxygen atoms in total. The van der Waals surface area contributed by atoms with Crippen LogP contribution in [0.3, 0.4) is 0 Å². The average molecular weight is 333 g/mol. The number of aromatic nitrogens is 1. The second kappa shape index (κ2) is 7.01. The summed E-state index contributed by atoms with van der Waals surface area (Å²) in [5.74, 6) is 0.0224. The van der Waals surface area contributed by atoms with Crippen LogP contribution in [0.1, 0.15) is 24.8 Å².